The molecule has 3 aliphatic rings. The third-order valence-corrected chi connectivity index (χ3v) is 5.47. The molecule has 0 radical (unpaired) electrons. The van der Waals surface area contributed by atoms with Crippen molar-refractivity contribution < 1.29 is 0 Å². The van der Waals surface area contributed by atoms with Crippen LogP contribution in [-0.2, 0) is 0 Å². The van der Waals surface area contributed by atoms with Gasteiger partial charge < -0.3 is 0 Å². The molecule has 0 bridgehead atoms. The summed E-state index contributed by atoms with van der Waals surface area (Å²) in [6, 6.07) is 0. The van der Waals surface area contributed by atoms with Crippen molar-refractivity contribution in [2.24, 2.45) is 17.8 Å². The minimum atomic E-state index is 0.896. The monoisotopic (exact) mass is 352 g/mol. The molecule has 0 nitrogen and oxygen atoms in total. The van der Waals surface area contributed by atoms with E-state index in [2.05, 4.69) is 56.2 Å². The van der Waals surface area contributed by atoms with Crippen molar-refractivity contribution in [2.45, 2.75) is 70.6 Å². The summed E-state index contributed by atoms with van der Waals surface area (Å²) in [6.07, 6.45) is 34.1. The maximum Gasteiger partial charge on any atom is -0.0319 e. The van der Waals surface area contributed by atoms with Crippen LogP contribution in [0.4, 0.5) is 0 Å². The van der Waals surface area contributed by atoms with Crippen molar-refractivity contribution in [3.05, 3.63) is 74.4 Å². The quantitative estimate of drug-likeness (QED) is 0.344. The van der Waals surface area contributed by atoms with Crippen LogP contribution in [0.2, 0.25) is 0 Å². The van der Waals surface area contributed by atoms with Crippen molar-refractivity contribution in [3.8, 4) is 0 Å². The molecular weight excluding hydrogens is 312 g/mol. The molecule has 0 heteroatoms. The van der Waals surface area contributed by atoms with Crippen LogP contribution >= 0.6 is 0 Å². The molecule has 0 aromatic rings. The first kappa shape index (κ1) is 22.5. The minimum absolute atomic E-state index is 0.896. The van der Waals surface area contributed by atoms with Crippen molar-refractivity contribution >= 4 is 0 Å². The Bertz CT molecular complexity index is 434. The Labute approximate surface area is 163 Å². The zero-order valence-corrected chi connectivity index (χ0v) is 16.8. The fraction of sp³-hybridized carbons (Fsp3) is 0.538. The topological polar surface area (TPSA) is 0 Å². The Morgan fingerprint density at radius 2 is 1.04 bits per heavy atom. The highest BCUT2D eigenvalue weighted by molar-refractivity contribution is 4.94. The Hall–Kier alpha value is -1.56. The lowest BCUT2D eigenvalue weighted by Gasteiger charge is -2.24. The SMILES string of the molecule is C1=CCC(CC2CC=CCC2)CC1.C=CC=C.C=CCC1CC=CCC1. The lowest BCUT2D eigenvalue weighted by atomic mass is 9.81. The Balaban J connectivity index is 0.000000227. The zero-order valence-electron chi connectivity index (χ0n) is 16.8. The molecule has 0 aromatic carbocycles. The van der Waals surface area contributed by atoms with E-state index in [4.69, 9.17) is 0 Å². The van der Waals surface area contributed by atoms with E-state index in [0.717, 1.165) is 17.8 Å². The van der Waals surface area contributed by atoms with Crippen molar-refractivity contribution in [3.63, 3.8) is 0 Å². The average molecular weight is 353 g/mol. The molecule has 0 aromatic heterocycles. The van der Waals surface area contributed by atoms with Crippen LogP contribution in [0.5, 0.6) is 0 Å². The first-order chi connectivity index (χ1) is 12.8. The van der Waals surface area contributed by atoms with Crippen LogP contribution in [0.3, 0.4) is 0 Å². The van der Waals surface area contributed by atoms with Gasteiger partial charge in [0.1, 0.15) is 0 Å². The Morgan fingerprint density at radius 3 is 1.35 bits per heavy atom. The molecule has 26 heavy (non-hydrogen) atoms. The summed E-state index contributed by atoms with van der Waals surface area (Å²) in [5, 5.41) is 0. The van der Waals surface area contributed by atoms with Crippen molar-refractivity contribution in [1.82, 2.24) is 0 Å². The smallest absolute Gasteiger partial charge is 0.0319 e. The summed E-state index contributed by atoms with van der Waals surface area (Å²) in [5.74, 6) is 2.90. The van der Waals surface area contributed by atoms with Gasteiger partial charge in [-0.3, -0.25) is 0 Å². The maximum absolute atomic E-state index is 3.73. The van der Waals surface area contributed by atoms with Gasteiger partial charge >= 0.3 is 0 Å². The van der Waals surface area contributed by atoms with E-state index < -0.39 is 0 Å². The van der Waals surface area contributed by atoms with Crippen molar-refractivity contribution in [2.75, 3.05) is 0 Å². The molecule has 0 fully saturated rings. The van der Waals surface area contributed by atoms with E-state index in [9.17, 15) is 0 Å². The van der Waals surface area contributed by atoms with Gasteiger partial charge in [-0.25, -0.2) is 0 Å². The van der Waals surface area contributed by atoms with Gasteiger partial charge in [-0.05, 0) is 88.4 Å². The standard InChI is InChI=1S/C13H20.C9H14.C4H6/c1-3-7-12(8-4-1)11-13-9-5-2-6-10-13;1-2-6-9-7-4-3-5-8-9;1-3-4-2/h1-3,5,12-13H,4,6-11H2;2-4,9H,1,5-8H2;3-4H,1-2H2. The van der Waals surface area contributed by atoms with E-state index in [1.54, 1.807) is 12.2 Å². The fourth-order valence-corrected chi connectivity index (χ4v) is 3.92. The molecule has 0 saturated carbocycles. The van der Waals surface area contributed by atoms with Gasteiger partial charge in [0.05, 0.1) is 0 Å². The first-order valence-corrected chi connectivity index (χ1v) is 10.6. The van der Waals surface area contributed by atoms with Crippen LogP contribution in [0.25, 0.3) is 0 Å². The second-order valence-electron chi connectivity index (χ2n) is 7.68. The van der Waals surface area contributed by atoms with E-state index >= 15 is 0 Å². The third kappa shape index (κ3) is 11.1. The van der Waals surface area contributed by atoms with Crippen LogP contribution in [0.15, 0.2) is 74.4 Å². The molecule has 0 heterocycles. The van der Waals surface area contributed by atoms with Gasteiger partial charge in [0.25, 0.3) is 0 Å². The zero-order chi connectivity index (χ0) is 18.9. The van der Waals surface area contributed by atoms with Crippen LogP contribution in [0.1, 0.15) is 70.6 Å². The van der Waals surface area contributed by atoms with E-state index in [0.29, 0.717) is 0 Å². The predicted octanol–water partition coefficient (Wildman–Crippen LogP) is 8.37. The highest BCUT2D eigenvalue weighted by Gasteiger charge is 2.17. The second kappa shape index (κ2) is 15.7. The van der Waals surface area contributed by atoms with E-state index in [-0.39, 0.29) is 0 Å². The minimum Gasteiger partial charge on any atom is -0.103 e. The third-order valence-electron chi connectivity index (χ3n) is 5.47. The first-order valence-electron chi connectivity index (χ1n) is 10.6. The largest absolute Gasteiger partial charge is 0.103 e. The molecule has 3 unspecified atom stereocenters. The molecule has 0 N–H and O–H groups in total. The van der Waals surface area contributed by atoms with Gasteiger partial charge in [0.15, 0.2) is 0 Å². The summed E-state index contributed by atoms with van der Waals surface area (Å²) in [6.45, 7) is 10.5. The van der Waals surface area contributed by atoms with E-state index in [1.165, 1.54) is 70.6 Å². The molecule has 144 valence electrons. The van der Waals surface area contributed by atoms with Crippen LogP contribution in [0, 0.1) is 17.8 Å². The summed E-state index contributed by atoms with van der Waals surface area (Å²) < 4.78 is 0. The molecule has 0 spiro atoms. The lowest BCUT2D eigenvalue weighted by Crippen LogP contribution is -2.11. The summed E-state index contributed by atoms with van der Waals surface area (Å²) in [7, 11) is 0. The molecule has 0 amide bonds. The Kier molecular flexibility index (Phi) is 13.6. The highest BCUT2D eigenvalue weighted by atomic mass is 14.2. The van der Waals surface area contributed by atoms with E-state index in [1.807, 2.05) is 6.08 Å². The van der Waals surface area contributed by atoms with Crippen LogP contribution in [-0.4, -0.2) is 0 Å². The number of hydrogen-bond acceptors (Lipinski definition) is 0. The maximum atomic E-state index is 3.73. The Morgan fingerprint density at radius 1 is 0.615 bits per heavy atom. The molecule has 3 atom stereocenters. The van der Waals surface area contributed by atoms with Gasteiger partial charge in [0.2, 0.25) is 0 Å². The molecular formula is C26H40. The summed E-state index contributed by atoms with van der Waals surface area (Å²) in [5.41, 5.74) is 0. The predicted molar refractivity (Wildman–Crippen MR) is 119 cm³/mol. The van der Waals surface area contributed by atoms with Gasteiger partial charge in [-0.15, -0.1) is 6.58 Å². The summed E-state index contributed by atoms with van der Waals surface area (Å²) >= 11 is 0. The molecule has 3 rings (SSSR count). The number of hydrogen-bond donors (Lipinski definition) is 0. The second-order valence-corrected chi connectivity index (χ2v) is 7.68. The van der Waals surface area contributed by atoms with Gasteiger partial charge in [-0.1, -0.05) is 67.8 Å². The van der Waals surface area contributed by atoms with Crippen LogP contribution < -0.4 is 0 Å². The number of rotatable bonds is 5. The fourth-order valence-electron chi connectivity index (χ4n) is 3.92. The van der Waals surface area contributed by atoms with Gasteiger partial charge in [-0.2, -0.15) is 0 Å². The van der Waals surface area contributed by atoms with Gasteiger partial charge in [0, 0.05) is 0 Å². The molecule has 0 saturated heterocycles. The average Bonchev–Trinajstić information content (AvgIpc) is 2.71. The normalized spacial score (nSPS) is 26.5. The van der Waals surface area contributed by atoms with Crippen molar-refractivity contribution in [1.29, 1.82) is 0 Å². The molecule has 3 aliphatic carbocycles. The summed E-state index contributed by atoms with van der Waals surface area (Å²) in [4.78, 5) is 0. The number of allylic oxidation sites excluding steroid dienone is 9. The highest BCUT2D eigenvalue weighted by Crippen LogP contribution is 2.30. The molecule has 0 aliphatic heterocycles. The lowest BCUT2D eigenvalue weighted by molar-refractivity contribution is 0.331.